The molecule has 0 spiro atoms. The van der Waals surface area contributed by atoms with Crippen LogP contribution < -0.4 is 15.8 Å². The number of aliphatic hydroxyl groups excluding tert-OH is 3. The number of hydrogen-bond acceptors (Lipinski definition) is 10. The lowest BCUT2D eigenvalue weighted by atomic mass is 9.82. The van der Waals surface area contributed by atoms with E-state index in [0.717, 1.165) is 29.7 Å². The van der Waals surface area contributed by atoms with Crippen molar-refractivity contribution < 1.29 is 24.8 Å². The van der Waals surface area contributed by atoms with E-state index in [2.05, 4.69) is 20.3 Å². The molecule has 0 radical (unpaired) electrons. The number of aromatic nitrogens is 4. The van der Waals surface area contributed by atoms with Crippen LogP contribution in [0.1, 0.15) is 30.2 Å². The van der Waals surface area contributed by atoms with E-state index in [-0.39, 0.29) is 0 Å². The second-order valence-electron chi connectivity index (χ2n) is 8.21. The predicted octanol–water partition coefficient (Wildman–Crippen LogP) is 0.00630. The monoisotopic (exact) mass is 442 g/mol. The van der Waals surface area contributed by atoms with E-state index < -0.39 is 36.8 Å². The van der Waals surface area contributed by atoms with Gasteiger partial charge in [-0.3, -0.25) is 4.57 Å². The van der Waals surface area contributed by atoms with E-state index in [0.29, 0.717) is 23.4 Å². The average molecular weight is 442 g/mol. The average Bonchev–Trinajstić information content (AvgIpc) is 3.35. The van der Waals surface area contributed by atoms with Gasteiger partial charge in [-0.15, -0.1) is 0 Å². The van der Waals surface area contributed by atoms with Gasteiger partial charge in [0.15, 0.2) is 23.2 Å². The lowest BCUT2D eigenvalue weighted by Gasteiger charge is -2.37. The van der Waals surface area contributed by atoms with Crippen LogP contribution in [0.2, 0.25) is 0 Å². The number of fused-ring (bicyclic) bond motifs is 2. The Hall–Kier alpha value is -2.83. The SMILES string of the molecule is COc1cccc2c1CCCC2(N)Nc1ncnc2c1ncn2[C@@H]1O[C@H](CO)C(O)C1O. The van der Waals surface area contributed by atoms with Gasteiger partial charge in [0.1, 0.15) is 36.1 Å². The Balaban J connectivity index is 1.51. The summed E-state index contributed by atoms with van der Waals surface area (Å²) >= 11 is 0. The molecule has 1 aliphatic carbocycles. The lowest BCUT2D eigenvalue weighted by Crippen LogP contribution is -2.47. The van der Waals surface area contributed by atoms with Gasteiger partial charge in [-0.2, -0.15) is 0 Å². The van der Waals surface area contributed by atoms with Crippen molar-refractivity contribution in [2.45, 2.75) is 49.5 Å². The van der Waals surface area contributed by atoms with Crippen LogP contribution in [0.4, 0.5) is 5.82 Å². The zero-order chi connectivity index (χ0) is 22.5. The lowest BCUT2D eigenvalue weighted by molar-refractivity contribution is -0.0511. The van der Waals surface area contributed by atoms with Crippen molar-refractivity contribution >= 4 is 17.0 Å². The van der Waals surface area contributed by atoms with E-state index in [1.165, 1.54) is 17.2 Å². The fourth-order valence-corrected chi connectivity index (χ4v) is 4.69. The van der Waals surface area contributed by atoms with Crippen LogP contribution in [-0.4, -0.2) is 66.9 Å². The highest BCUT2D eigenvalue weighted by molar-refractivity contribution is 5.83. The molecule has 0 amide bonds. The molecular formula is C21H26N6O5. The summed E-state index contributed by atoms with van der Waals surface area (Å²) in [5, 5.41) is 33.2. The standard InChI is InChI=1S/C21H26N6O5/c1-31-13-6-2-5-12-11(13)4-3-7-21(12,22)26-18-15-19(24-9-23-18)27(10-25-15)20-17(30)16(29)14(8-28)32-20/h2,5-6,9-10,14,16-17,20,28-30H,3-4,7-8,22H2,1H3,(H,23,24,26)/t14-,16?,17?,20-,21?/m1/s1. The third-order valence-electron chi connectivity index (χ3n) is 6.32. The quantitative estimate of drug-likeness (QED) is 0.340. The first kappa shape index (κ1) is 21.0. The van der Waals surface area contributed by atoms with Crippen LogP contribution >= 0.6 is 0 Å². The van der Waals surface area contributed by atoms with E-state index >= 15 is 0 Å². The Morgan fingerprint density at radius 1 is 1.28 bits per heavy atom. The van der Waals surface area contributed by atoms with Crippen LogP contribution in [0.5, 0.6) is 5.75 Å². The highest BCUT2D eigenvalue weighted by Crippen LogP contribution is 2.39. The van der Waals surface area contributed by atoms with Crippen LogP contribution in [0.25, 0.3) is 11.2 Å². The molecule has 0 bridgehead atoms. The van der Waals surface area contributed by atoms with E-state index in [9.17, 15) is 15.3 Å². The molecule has 3 unspecified atom stereocenters. The van der Waals surface area contributed by atoms with E-state index in [4.69, 9.17) is 15.2 Å². The van der Waals surface area contributed by atoms with Crippen molar-refractivity contribution in [3.05, 3.63) is 42.0 Å². The summed E-state index contributed by atoms with van der Waals surface area (Å²) in [4.78, 5) is 13.1. The number of rotatable bonds is 5. The van der Waals surface area contributed by atoms with Crippen LogP contribution in [0, 0.1) is 0 Å². The first-order valence-electron chi connectivity index (χ1n) is 10.5. The molecule has 0 saturated carbocycles. The number of imidazole rings is 1. The molecule has 3 aromatic rings. The molecule has 32 heavy (non-hydrogen) atoms. The number of anilines is 1. The molecule has 1 aliphatic heterocycles. The maximum atomic E-state index is 10.4. The summed E-state index contributed by atoms with van der Waals surface area (Å²) < 4.78 is 12.7. The molecule has 1 saturated heterocycles. The number of hydrogen-bond donors (Lipinski definition) is 5. The molecule has 170 valence electrons. The molecule has 1 aromatic carbocycles. The molecule has 5 atom stereocenters. The Bertz CT molecular complexity index is 1140. The van der Waals surface area contributed by atoms with Gasteiger partial charge in [-0.25, -0.2) is 15.0 Å². The number of aliphatic hydroxyl groups is 3. The van der Waals surface area contributed by atoms with Gasteiger partial charge in [0, 0.05) is 5.56 Å². The van der Waals surface area contributed by atoms with Crippen molar-refractivity contribution in [1.29, 1.82) is 0 Å². The fraction of sp³-hybridized carbons (Fsp3) is 0.476. The van der Waals surface area contributed by atoms with Crippen molar-refractivity contribution in [3.63, 3.8) is 0 Å². The third-order valence-corrected chi connectivity index (χ3v) is 6.32. The number of nitrogens with two attached hydrogens (primary N) is 1. The third kappa shape index (κ3) is 3.21. The van der Waals surface area contributed by atoms with E-state index in [1.807, 2.05) is 18.2 Å². The first-order chi connectivity index (χ1) is 15.5. The minimum absolute atomic E-state index is 0.405. The number of benzene rings is 1. The van der Waals surface area contributed by atoms with Crippen LogP contribution in [0.3, 0.4) is 0 Å². The molecule has 5 rings (SSSR count). The normalized spacial score (nSPS) is 29.8. The van der Waals surface area contributed by atoms with Gasteiger partial charge in [-0.05, 0) is 30.9 Å². The number of methoxy groups -OCH3 is 1. The maximum Gasteiger partial charge on any atom is 0.167 e. The van der Waals surface area contributed by atoms with Gasteiger partial charge < -0.3 is 35.8 Å². The summed E-state index contributed by atoms with van der Waals surface area (Å²) in [6, 6.07) is 5.83. The summed E-state index contributed by atoms with van der Waals surface area (Å²) in [5.41, 5.74) is 8.82. The smallest absolute Gasteiger partial charge is 0.167 e. The van der Waals surface area contributed by atoms with E-state index in [1.54, 1.807) is 7.11 Å². The molecule has 1 fully saturated rings. The molecule has 11 nitrogen and oxygen atoms in total. The van der Waals surface area contributed by atoms with Gasteiger partial charge in [-0.1, -0.05) is 12.1 Å². The largest absolute Gasteiger partial charge is 0.496 e. The summed E-state index contributed by atoms with van der Waals surface area (Å²) in [7, 11) is 1.65. The second kappa shape index (κ2) is 7.94. The Morgan fingerprint density at radius 2 is 2.12 bits per heavy atom. The molecule has 11 heteroatoms. The van der Waals surface area contributed by atoms with Gasteiger partial charge in [0.2, 0.25) is 0 Å². The Morgan fingerprint density at radius 3 is 2.88 bits per heavy atom. The predicted molar refractivity (Wildman–Crippen MR) is 114 cm³/mol. The molecule has 2 aliphatic rings. The van der Waals surface area contributed by atoms with Crippen LogP contribution in [-0.2, 0) is 16.8 Å². The maximum absolute atomic E-state index is 10.4. The fourth-order valence-electron chi connectivity index (χ4n) is 4.69. The second-order valence-corrected chi connectivity index (χ2v) is 8.21. The van der Waals surface area contributed by atoms with Crippen LogP contribution in [0.15, 0.2) is 30.9 Å². The minimum atomic E-state index is -1.24. The minimum Gasteiger partial charge on any atom is -0.496 e. The van der Waals surface area contributed by atoms with Gasteiger partial charge >= 0.3 is 0 Å². The number of nitrogens with one attached hydrogen (secondary N) is 1. The number of ether oxygens (including phenoxy) is 2. The summed E-state index contributed by atoms with van der Waals surface area (Å²) in [6.07, 6.45) is 0.982. The highest BCUT2D eigenvalue weighted by atomic mass is 16.6. The van der Waals surface area contributed by atoms with Gasteiger partial charge in [0.05, 0.1) is 20.0 Å². The zero-order valence-corrected chi connectivity index (χ0v) is 17.5. The highest BCUT2D eigenvalue weighted by Gasteiger charge is 2.44. The zero-order valence-electron chi connectivity index (χ0n) is 17.5. The van der Waals surface area contributed by atoms with Crippen molar-refractivity contribution in [1.82, 2.24) is 19.5 Å². The van der Waals surface area contributed by atoms with Crippen molar-refractivity contribution in [2.24, 2.45) is 5.73 Å². The Labute approximate surface area is 183 Å². The molecule has 3 heterocycles. The first-order valence-corrected chi connectivity index (χ1v) is 10.5. The Kier molecular flexibility index (Phi) is 5.22. The summed E-state index contributed by atoms with van der Waals surface area (Å²) in [5.74, 6) is 1.25. The summed E-state index contributed by atoms with van der Waals surface area (Å²) in [6.45, 7) is -0.415. The molecular weight excluding hydrogens is 416 g/mol. The molecule has 2 aromatic heterocycles. The van der Waals surface area contributed by atoms with Crippen molar-refractivity contribution in [3.8, 4) is 5.75 Å². The van der Waals surface area contributed by atoms with Gasteiger partial charge in [0.25, 0.3) is 0 Å². The topological polar surface area (TPSA) is 161 Å². The van der Waals surface area contributed by atoms with Crippen molar-refractivity contribution in [2.75, 3.05) is 19.0 Å². The number of nitrogens with zero attached hydrogens (tertiary/aromatic N) is 4. The molecule has 6 N–H and O–H groups in total.